The molecule has 2 amide bonds. The van der Waals surface area contributed by atoms with Gasteiger partial charge in [-0.2, -0.15) is 13.1 Å². The second-order valence-electron chi connectivity index (χ2n) is 6.17. The molecule has 0 spiro atoms. The third-order valence-electron chi connectivity index (χ3n) is 4.16. The first-order chi connectivity index (χ1) is 14.2. The van der Waals surface area contributed by atoms with Crippen LogP contribution in [0.4, 0.5) is 14.5 Å². The molecular weight excluding hydrogens is 460 g/mol. The van der Waals surface area contributed by atoms with Crippen molar-refractivity contribution in [1.82, 2.24) is 9.62 Å². The number of piperazine rings is 1. The molecule has 7 nitrogen and oxygen atoms in total. The van der Waals surface area contributed by atoms with E-state index >= 15 is 0 Å². The molecule has 0 aromatic heterocycles. The summed E-state index contributed by atoms with van der Waals surface area (Å²) in [4.78, 5) is 24.0. The molecule has 0 atom stereocenters. The van der Waals surface area contributed by atoms with Crippen molar-refractivity contribution in [2.75, 3.05) is 25.0 Å². The van der Waals surface area contributed by atoms with Gasteiger partial charge in [-0.3, -0.25) is 9.59 Å². The zero-order chi connectivity index (χ0) is 21.9. The van der Waals surface area contributed by atoms with Gasteiger partial charge in [0.2, 0.25) is 15.9 Å². The molecule has 0 bridgehead atoms. The number of alkyl halides is 2. The lowest BCUT2D eigenvalue weighted by atomic mass is 10.2. The van der Waals surface area contributed by atoms with Crippen molar-refractivity contribution in [3.8, 4) is 0 Å². The number of rotatable bonds is 6. The minimum absolute atomic E-state index is 0.00510. The van der Waals surface area contributed by atoms with Crippen LogP contribution in [-0.2, 0) is 14.8 Å². The molecule has 1 fully saturated rings. The maximum atomic E-state index is 12.8. The molecular formula is C18H16ClF2N3O4S2. The first-order valence-corrected chi connectivity index (χ1v) is 11.3. The Labute approximate surface area is 180 Å². The second-order valence-corrected chi connectivity index (χ2v) is 9.51. The lowest BCUT2D eigenvalue weighted by molar-refractivity contribution is -0.122. The van der Waals surface area contributed by atoms with Crippen LogP contribution < -0.4 is 10.6 Å². The van der Waals surface area contributed by atoms with E-state index < -0.39 is 27.6 Å². The fraction of sp³-hybridized carbons (Fsp3) is 0.222. The number of nitrogens with one attached hydrogen (secondary N) is 2. The molecule has 1 aliphatic rings. The van der Waals surface area contributed by atoms with Gasteiger partial charge >= 0.3 is 0 Å². The van der Waals surface area contributed by atoms with Crippen molar-refractivity contribution >= 4 is 50.9 Å². The SMILES string of the molecule is O=C1CN(S(=O)(=O)c2cccc(C(=O)Nc3cccc(Cl)c3SC(F)F)c2)CCN1. The largest absolute Gasteiger partial charge is 0.354 e. The minimum Gasteiger partial charge on any atom is -0.354 e. The Balaban J connectivity index is 1.85. The number of sulfonamides is 1. The molecule has 3 rings (SSSR count). The van der Waals surface area contributed by atoms with Crippen molar-refractivity contribution in [3.05, 3.63) is 53.1 Å². The van der Waals surface area contributed by atoms with Gasteiger partial charge < -0.3 is 10.6 Å². The van der Waals surface area contributed by atoms with Gasteiger partial charge in [0.05, 0.1) is 27.0 Å². The molecule has 2 aromatic carbocycles. The Bertz CT molecular complexity index is 1080. The van der Waals surface area contributed by atoms with Gasteiger partial charge in [-0.25, -0.2) is 8.42 Å². The number of anilines is 1. The second kappa shape index (κ2) is 9.29. The van der Waals surface area contributed by atoms with Crippen LogP contribution in [0.5, 0.6) is 0 Å². The Morgan fingerprint density at radius 1 is 1.23 bits per heavy atom. The monoisotopic (exact) mass is 475 g/mol. The molecule has 12 heteroatoms. The molecule has 0 aliphatic carbocycles. The van der Waals surface area contributed by atoms with Crippen LogP contribution in [0, 0.1) is 0 Å². The van der Waals surface area contributed by atoms with E-state index in [-0.39, 0.29) is 57.5 Å². The van der Waals surface area contributed by atoms with Crippen LogP contribution >= 0.6 is 23.4 Å². The lowest BCUT2D eigenvalue weighted by Gasteiger charge is -2.26. The van der Waals surface area contributed by atoms with Crippen molar-refractivity contribution in [2.45, 2.75) is 15.5 Å². The molecule has 0 saturated carbocycles. The quantitative estimate of drug-likeness (QED) is 0.626. The van der Waals surface area contributed by atoms with Crippen LogP contribution in [0.25, 0.3) is 0 Å². The van der Waals surface area contributed by atoms with Gasteiger partial charge in [-0.15, -0.1) is 0 Å². The van der Waals surface area contributed by atoms with Crippen LogP contribution in [0.1, 0.15) is 10.4 Å². The molecule has 1 aliphatic heterocycles. The number of nitrogens with zero attached hydrogens (tertiary/aromatic N) is 1. The number of carbonyl (C=O) groups is 2. The zero-order valence-electron chi connectivity index (χ0n) is 15.3. The van der Waals surface area contributed by atoms with Gasteiger partial charge in [0, 0.05) is 18.7 Å². The number of hydrogen-bond acceptors (Lipinski definition) is 5. The maximum Gasteiger partial charge on any atom is 0.289 e. The van der Waals surface area contributed by atoms with Gasteiger partial charge in [0.1, 0.15) is 0 Å². The molecule has 2 aromatic rings. The first kappa shape index (κ1) is 22.5. The minimum atomic E-state index is -3.99. The molecule has 1 heterocycles. The van der Waals surface area contributed by atoms with E-state index in [0.717, 1.165) is 4.31 Å². The third kappa shape index (κ3) is 5.09. The Morgan fingerprint density at radius 3 is 2.67 bits per heavy atom. The number of benzene rings is 2. The summed E-state index contributed by atoms with van der Waals surface area (Å²) in [5.74, 6) is -3.85. The highest BCUT2D eigenvalue weighted by molar-refractivity contribution is 7.99. The molecule has 1 saturated heterocycles. The van der Waals surface area contributed by atoms with Crippen LogP contribution in [0.15, 0.2) is 52.3 Å². The Kier molecular flexibility index (Phi) is 6.96. The normalized spacial score (nSPS) is 15.1. The Morgan fingerprint density at radius 2 is 1.97 bits per heavy atom. The number of amides is 2. The summed E-state index contributed by atoms with van der Waals surface area (Å²) in [7, 11) is -3.99. The molecule has 0 radical (unpaired) electrons. The third-order valence-corrected chi connectivity index (χ3v) is 7.28. The number of hydrogen-bond donors (Lipinski definition) is 2. The predicted molar refractivity (Wildman–Crippen MR) is 109 cm³/mol. The molecule has 30 heavy (non-hydrogen) atoms. The smallest absolute Gasteiger partial charge is 0.289 e. The predicted octanol–water partition coefficient (Wildman–Crippen LogP) is 3.03. The highest BCUT2D eigenvalue weighted by Crippen LogP contribution is 2.37. The van der Waals surface area contributed by atoms with Gasteiger partial charge in [0.25, 0.3) is 11.7 Å². The summed E-state index contributed by atoms with van der Waals surface area (Å²) in [6.07, 6.45) is 0. The standard InChI is InChI=1S/C18H16ClF2N3O4S2/c19-13-5-2-6-14(16(13)29-18(20)21)23-17(26)11-3-1-4-12(9-11)30(27,28)24-8-7-22-15(25)10-24/h1-6,9,18H,7-8,10H2,(H,22,25)(H,23,26). The van der Waals surface area contributed by atoms with E-state index in [1.54, 1.807) is 0 Å². The summed E-state index contributed by atoms with van der Waals surface area (Å²) in [6.45, 7) is -0.00566. The highest BCUT2D eigenvalue weighted by atomic mass is 35.5. The maximum absolute atomic E-state index is 12.8. The van der Waals surface area contributed by atoms with E-state index in [0.29, 0.717) is 0 Å². The summed E-state index contributed by atoms with van der Waals surface area (Å²) in [5.41, 5.74) is 0.0873. The fourth-order valence-corrected chi connectivity index (χ4v) is 5.13. The average molecular weight is 476 g/mol. The van der Waals surface area contributed by atoms with Crippen LogP contribution in [-0.4, -0.2) is 49.9 Å². The summed E-state index contributed by atoms with van der Waals surface area (Å²) < 4.78 is 52.3. The summed E-state index contributed by atoms with van der Waals surface area (Å²) >= 11 is 6.16. The van der Waals surface area contributed by atoms with Gasteiger partial charge in [-0.05, 0) is 30.3 Å². The van der Waals surface area contributed by atoms with Gasteiger partial charge in [-0.1, -0.05) is 35.5 Å². The molecule has 0 unspecified atom stereocenters. The Hall–Kier alpha value is -2.21. The molecule has 2 N–H and O–H groups in total. The van der Waals surface area contributed by atoms with Gasteiger partial charge in [0.15, 0.2) is 0 Å². The van der Waals surface area contributed by atoms with E-state index in [9.17, 15) is 26.8 Å². The average Bonchev–Trinajstić information content (AvgIpc) is 2.70. The lowest BCUT2D eigenvalue weighted by Crippen LogP contribution is -2.49. The van der Waals surface area contributed by atoms with Crippen LogP contribution in [0.2, 0.25) is 5.02 Å². The number of halogens is 3. The van der Waals surface area contributed by atoms with E-state index in [1.807, 2.05) is 0 Å². The number of thioether (sulfide) groups is 1. The topological polar surface area (TPSA) is 95.6 Å². The summed E-state index contributed by atoms with van der Waals surface area (Å²) in [6, 6.07) is 9.60. The van der Waals surface area contributed by atoms with Crippen molar-refractivity contribution in [1.29, 1.82) is 0 Å². The molecule has 160 valence electrons. The first-order valence-electron chi connectivity index (χ1n) is 8.60. The van der Waals surface area contributed by atoms with Crippen molar-refractivity contribution < 1.29 is 26.8 Å². The highest BCUT2D eigenvalue weighted by Gasteiger charge is 2.29. The van der Waals surface area contributed by atoms with E-state index in [1.165, 1.54) is 42.5 Å². The zero-order valence-corrected chi connectivity index (χ0v) is 17.7. The van der Waals surface area contributed by atoms with Crippen molar-refractivity contribution in [2.24, 2.45) is 0 Å². The number of carbonyl (C=O) groups excluding carboxylic acids is 2. The fourth-order valence-electron chi connectivity index (χ4n) is 2.78. The summed E-state index contributed by atoms with van der Waals surface area (Å²) in [5, 5.41) is 5.08. The van der Waals surface area contributed by atoms with E-state index in [2.05, 4.69) is 10.6 Å². The van der Waals surface area contributed by atoms with E-state index in [4.69, 9.17) is 11.6 Å². The van der Waals surface area contributed by atoms with Crippen LogP contribution in [0.3, 0.4) is 0 Å². The van der Waals surface area contributed by atoms with Crippen molar-refractivity contribution in [3.63, 3.8) is 0 Å².